The van der Waals surface area contributed by atoms with Crippen LogP contribution < -0.4 is 5.32 Å². The van der Waals surface area contributed by atoms with Crippen molar-refractivity contribution in [1.82, 2.24) is 5.32 Å². The molecule has 164 valence electrons. The summed E-state index contributed by atoms with van der Waals surface area (Å²) in [6.45, 7) is 0.416. The van der Waals surface area contributed by atoms with Crippen LogP contribution >= 0.6 is 11.8 Å². The maximum absolute atomic E-state index is 11.7. The van der Waals surface area contributed by atoms with Crippen LogP contribution in [0.25, 0.3) is 0 Å². The van der Waals surface area contributed by atoms with E-state index in [0.717, 1.165) is 11.8 Å². The molecule has 1 aliphatic heterocycles. The molecule has 28 heavy (non-hydrogen) atoms. The highest BCUT2D eigenvalue weighted by Gasteiger charge is 2.44. The monoisotopic (exact) mass is 428 g/mol. The molecule has 0 saturated carbocycles. The number of nitro groups is 1. The number of hydrogen-bond acceptors (Lipinski definition) is 11. The highest BCUT2D eigenvalue weighted by Crippen LogP contribution is 2.29. The number of hydrogen-bond donors (Lipinski definition) is 7. The lowest BCUT2D eigenvalue weighted by Crippen LogP contribution is -2.58. The number of rotatable bonds is 11. The number of aliphatic hydroxyl groups excluding tert-OH is 6. The molecular formula is C15H28N2O10S. The van der Waals surface area contributed by atoms with E-state index in [9.17, 15) is 45.5 Å². The Labute approximate surface area is 165 Å². The van der Waals surface area contributed by atoms with Gasteiger partial charge in [0.2, 0.25) is 12.5 Å². The van der Waals surface area contributed by atoms with Crippen molar-refractivity contribution in [3.63, 3.8) is 0 Å². The second-order valence-electron chi connectivity index (χ2n) is 6.46. The lowest BCUT2D eigenvalue weighted by molar-refractivity contribution is -0.482. The van der Waals surface area contributed by atoms with Crippen LogP contribution in [0.2, 0.25) is 0 Å². The topological polar surface area (TPSA) is 203 Å². The zero-order chi connectivity index (χ0) is 21.4. The molecule has 0 aliphatic carbocycles. The number of ether oxygens (including phenoxy) is 1. The average molecular weight is 428 g/mol. The van der Waals surface area contributed by atoms with Crippen molar-refractivity contribution in [3.05, 3.63) is 10.1 Å². The lowest BCUT2D eigenvalue weighted by Gasteiger charge is -2.40. The molecule has 7 N–H and O–H groups in total. The molecule has 0 radical (unpaired) electrons. The van der Waals surface area contributed by atoms with Gasteiger partial charge in [0.25, 0.3) is 0 Å². The van der Waals surface area contributed by atoms with Gasteiger partial charge in [-0.05, 0) is 0 Å². The molecule has 1 saturated heterocycles. The molecule has 1 amide bonds. The largest absolute Gasteiger partial charge is 0.394 e. The van der Waals surface area contributed by atoms with Crippen molar-refractivity contribution in [2.45, 2.75) is 67.9 Å². The molecule has 0 aromatic heterocycles. The Morgan fingerprint density at radius 2 is 1.89 bits per heavy atom. The maximum atomic E-state index is 11.7. The predicted octanol–water partition coefficient (Wildman–Crippen LogP) is -3.20. The number of nitrogens with zero attached hydrogens (tertiary/aromatic N) is 1. The van der Waals surface area contributed by atoms with Crippen LogP contribution in [0, 0.1) is 10.1 Å². The number of carbonyl (C=O) groups excluding carboxylic acids is 1. The summed E-state index contributed by atoms with van der Waals surface area (Å²) < 4.78 is 5.34. The van der Waals surface area contributed by atoms with E-state index in [1.165, 1.54) is 0 Å². The van der Waals surface area contributed by atoms with E-state index in [0.29, 0.717) is 0 Å². The quantitative estimate of drug-likeness (QED) is 0.129. The van der Waals surface area contributed by atoms with Gasteiger partial charge < -0.3 is 40.7 Å². The number of amides is 1. The summed E-state index contributed by atoms with van der Waals surface area (Å²) in [4.78, 5) is 21.5. The van der Waals surface area contributed by atoms with Crippen molar-refractivity contribution < 1.29 is 45.1 Å². The number of thioether (sulfide) groups is 1. The Morgan fingerprint density at radius 3 is 2.43 bits per heavy atom. The Bertz CT molecular complexity index is 511. The van der Waals surface area contributed by atoms with E-state index in [1.807, 2.05) is 0 Å². The fourth-order valence-electron chi connectivity index (χ4n) is 2.61. The van der Waals surface area contributed by atoms with Crippen LogP contribution in [0.3, 0.4) is 0 Å². The molecule has 8 unspecified atom stereocenters. The average Bonchev–Trinajstić information content (AvgIpc) is 2.67. The fraction of sp³-hybridized carbons (Fsp3) is 0.933. The molecule has 1 aliphatic rings. The van der Waals surface area contributed by atoms with E-state index in [1.54, 1.807) is 6.92 Å². The smallest absolute Gasteiger partial charge is 0.220 e. The third-order valence-electron chi connectivity index (χ3n) is 4.37. The molecule has 12 nitrogen and oxygen atoms in total. The van der Waals surface area contributed by atoms with Gasteiger partial charge in [-0.25, -0.2) is 0 Å². The van der Waals surface area contributed by atoms with Gasteiger partial charge >= 0.3 is 0 Å². The highest BCUT2D eigenvalue weighted by atomic mass is 32.2. The van der Waals surface area contributed by atoms with Crippen molar-refractivity contribution in [2.24, 2.45) is 0 Å². The molecule has 13 heteroatoms. The van der Waals surface area contributed by atoms with E-state index in [2.05, 4.69) is 5.32 Å². The maximum Gasteiger partial charge on any atom is 0.220 e. The Kier molecular flexibility index (Phi) is 10.5. The van der Waals surface area contributed by atoms with Crippen LogP contribution in [0.4, 0.5) is 0 Å². The molecule has 1 heterocycles. The molecule has 0 bridgehead atoms. The fourth-order valence-corrected chi connectivity index (χ4v) is 3.87. The minimum Gasteiger partial charge on any atom is -0.394 e. The van der Waals surface area contributed by atoms with Crippen molar-refractivity contribution in [1.29, 1.82) is 0 Å². The van der Waals surface area contributed by atoms with E-state index >= 15 is 0 Å². The Morgan fingerprint density at radius 1 is 1.25 bits per heavy atom. The van der Waals surface area contributed by atoms with Gasteiger partial charge in [0.15, 0.2) is 0 Å². The van der Waals surface area contributed by atoms with Crippen LogP contribution in [-0.2, 0) is 9.53 Å². The van der Waals surface area contributed by atoms with Crippen molar-refractivity contribution in [3.8, 4) is 0 Å². The molecule has 1 rings (SSSR count). The van der Waals surface area contributed by atoms with Crippen molar-refractivity contribution >= 4 is 17.7 Å². The van der Waals surface area contributed by atoms with Gasteiger partial charge in [-0.15, -0.1) is 11.8 Å². The second-order valence-corrected chi connectivity index (χ2v) is 7.59. The van der Waals surface area contributed by atoms with Gasteiger partial charge in [0.1, 0.15) is 36.0 Å². The molecule has 1 fully saturated rings. The van der Waals surface area contributed by atoms with Crippen molar-refractivity contribution in [2.75, 3.05) is 18.9 Å². The lowest BCUT2D eigenvalue weighted by atomic mass is 10.0. The third kappa shape index (κ3) is 7.08. The summed E-state index contributed by atoms with van der Waals surface area (Å²) in [7, 11) is 0. The van der Waals surface area contributed by atoms with Gasteiger partial charge in [-0.3, -0.25) is 14.9 Å². The van der Waals surface area contributed by atoms with E-state index in [4.69, 9.17) is 4.74 Å². The number of carbonyl (C=O) groups is 1. The van der Waals surface area contributed by atoms with Crippen LogP contribution in [0.15, 0.2) is 0 Å². The minimum atomic E-state index is -1.57. The second kappa shape index (κ2) is 11.8. The first-order valence-electron chi connectivity index (χ1n) is 8.81. The summed E-state index contributed by atoms with van der Waals surface area (Å²) in [5, 5.41) is 72.0. The van der Waals surface area contributed by atoms with Gasteiger partial charge in [-0.2, -0.15) is 0 Å². The first-order valence-corrected chi connectivity index (χ1v) is 9.86. The highest BCUT2D eigenvalue weighted by molar-refractivity contribution is 7.99. The summed E-state index contributed by atoms with van der Waals surface area (Å²) in [5.74, 6) is -0.509. The first-order chi connectivity index (χ1) is 13.1. The number of aliphatic hydroxyl groups is 6. The van der Waals surface area contributed by atoms with Gasteiger partial charge in [0, 0.05) is 23.5 Å². The van der Waals surface area contributed by atoms with Gasteiger partial charge in [0.05, 0.1) is 18.8 Å². The van der Waals surface area contributed by atoms with Crippen LogP contribution in [0.5, 0.6) is 0 Å². The van der Waals surface area contributed by atoms with E-state index in [-0.39, 0.29) is 18.6 Å². The molecule has 8 atom stereocenters. The third-order valence-corrected chi connectivity index (χ3v) is 5.64. The zero-order valence-corrected chi connectivity index (χ0v) is 16.1. The normalized spacial score (nSPS) is 31.0. The summed E-state index contributed by atoms with van der Waals surface area (Å²) in [6, 6.07) is -1.02. The zero-order valence-electron chi connectivity index (χ0n) is 15.3. The minimum absolute atomic E-state index is 0.0783. The number of nitrogens with one attached hydrogen (secondary N) is 1. The standard InChI is InChI=1S/C15H28N2O10S/c1-2-10(20)16-7(11(21)8(19)3-4-17(25)26)6-28-15-14(24)13(23)12(22)9(5-18)27-15/h7-9,11-15,18-19,21-24H,2-6H2,1H3,(H,16,20). The summed E-state index contributed by atoms with van der Waals surface area (Å²) in [5.41, 5.74) is -1.08. The van der Waals surface area contributed by atoms with Crippen LogP contribution in [-0.4, -0.2) is 108 Å². The Balaban J connectivity index is 2.77. The first kappa shape index (κ1) is 25.0. The molecule has 0 spiro atoms. The molecular weight excluding hydrogens is 400 g/mol. The summed E-state index contributed by atoms with van der Waals surface area (Å²) in [6.07, 6.45) is -8.89. The SMILES string of the molecule is CCC(=O)NC(CSC1OC(CO)C(O)C(O)C1O)C(O)C(O)CC[N+](=O)[O-]. The van der Waals surface area contributed by atoms with Crippen LogP contribution in [0.1, 0.15) is 19.8 Å². The Hall–Kier alpha value is -1.06. The predicted molar refractivity (Wildman–Crippen MR) is 96.9 cm³/mol. The molecule has 0 aromatic rings. The summed E-state index contributed by atoms with van der Waals surface area (Å²) >= 11 is 0.887. The molecule has 0 aromatic carbocycles. The van der Waals surface area contributed by atoms with E-state index < -0.39 is 72.1 Å². The van der Waals surface area contributed by atoms with Gasteiger partial charge in [-0.1, -0.05) is 6.92 Å².